The van der Waals surface area contributed by atoms with Crippen molar-refractivity contribution >= 4 is 5.78 Å². The third-order valence-corrected chi connectivity index (χ3v) is 4.02. The summed E-state index contributed by atoms with van der Waals surface area (Å²) < 4.78 is 71.6. The first-order valence-corrected chi connectivity index (χ1v) is 7.70. The van der Waals surface area contributed by atoms with E-state index >= 15 is 0 Å². The Hall–Kier alpha value is -1.70. The third-order valence-electron chi connectivity index (χ3n) is 4.02. The van der Waals surface area contributed by atoms with Crippen molar-refractivity contribution in [3.63, 3.8) is 0 Å². The van der Waals surface area contributed by atoms with Crippen LogP contribution in [0.1, 0.15) is 32.6 Å². The molecule has 3 nitrogen and oxygen atoms in total. The molecule has 1 aromatic carbocycles. The zero-order valence-electron chi connectivity index (χ0n) is 13.2. The van der Waals surface area contributed by atoms with E-state index < -0.39 is 40.9 Å². The Balaban J connectivity index is 2.18. The summed E-state index contributed by atoms with van der Waals surface area (Å²) in [5.41, 5.74) is 0. The molecule has 24 heavy (non-hydrogen) atoms. The van der Waals surface area contributed by atoms with E-state index in [2.05, 4.69) is 0 Å². The average Bonchev–Trinajstić information content (AvgIpc) is 2.57. The van der Waals surface area contributed by atoms with Crippen LogP contribution in [0, 0.1) is 29.1 Å². The molecule has 0 bridgehead atoms. The minimum atomic E-state index is -2.23. The molecule has 1 fully saturated rings. The van der Waals surface area contributed by atoms with E-state index in [4.69, 9.17) is 4.74 Å². The molecule has 1 saturated heterocycles. The molecular weight excluding hydrogens is 333 g/mol. The van der Waals surface area contributed by atoms with Crippen LogP contribution in [0.15, 0.2) is 0 Å². The number of halogens is 5. The number of benzene rings is 1. The molecule has 1 aromatic rings. The molecule has 1 unspecified atom stereocenters. The molecule has 1 atom stereocenters. The van der Waals surface area contributed by atoms with Crippen molar-refractivity contribution in [1.29, 1.82) is 0 Å². The number of ketones is 1. The fourth-order valence-corrected chi connectivity index (χ4v) is 2.80. The van der Waals surface area contributed by atoms with Crippen LogP contribution in [-0.4, -0.2) is 36.4 Å². The van der Waals surface area contributed by atoms with Crippen LogP contribution in [0.2, 0.25) is 0 Å². The normalized spacial score (nSPS) is 16.9. The number of rotatable bonds is 6. The predicted molar refractivity (Wildman–Crippen MR) is 76.2 cm³/mol. The van der Waals surface area contributed by atoms with E-state index in [1.54, 1.807) is 0 Å². The lowest BCUT2D eigenvalue weighted by Gasteiger charge is -2.34. The van der Waals surface area contributed by atoms with E-state index in [9.17, 15) is 26.7 Å². The van der Waals surface area contributed by atoms with Gasteiger partial charge in [-0.25, -0.2) is 13.2 Å². The highest BCUT2D eigenvalue weighted by Crippen LogP contribution is 2.29. The molecule has 8 heteroatoms. The molecule has 0 amide bonds. The highest BCUT2D eigenvalue weighted by atomic mass is 19.2. The predicted octanol–water partition coefficient (Wildman–Crippen LogP) is 3.59. The SMILES string of the molecule is CC(=O)CC(COc1c(F)c(F)c(F)c(F)c1F)N1CCCCC1. The van der Waals surface area contributed by atoms with Crippen LogP contribution in [0.25, 0.3) is 0 Å². The molecule has 134 valence electrons. The summed E-state index contributed by atoms with van der Waals surface area (Å²) in [6.07, 6.45) is 2.95. The fourth-order valence-electron chi connectivity index (χ4n) is 2.80. The van der Waals surface area contributed by atoms with Gasteiger partial charge in [0.1, 0.15) is 12.4 Å². The Bertz CT molecular complexity index is 588. The lowest BCUT2D eigenvalue weighted by molar-refractivity contribution is -0.118. The molecular formula is C16H18F5NO2. The maximum Gasteiger partial charge on any atom is 0.206 e. The van der Waals surface area contributed by atoms with Crippen molar-refractivity contribution in [2.45, 2.75) is 38.6 Å². The Kier molecular flexibility index (Phi) is 6.15. The van der Waals surface area contributed by atoms with Crippen LogP contribution in [0.5, 0.6) is 5.75 Å². The van der Waals surface area contributed by atoms with Crippen molar-refractivity contribution in [1.82, 2.24) is 4.90 Å². The Morgan fingerprint density at radius 1 is 0.958 bits per heavy atom. The monoisotopic (exact) mass is 351 g/mol. The van der Waals surface area contributed by atoms with Gasteiger partial charge in [0.05, 0.1) is 6.04 Å². The van der Waals surface area contributed by atoms with E-state index in [0.29, 0.717) is 13.1 Å². The summed E-state index contributed by atoms with van der Waals surface area (Å²) in [5.74, 6) is -11.8. The largest absolute Gasteiger partial charge is 0.486 e. The van der Waals surface area contributed by atoms with Gasteiger partial charge < -0.3 is 4.74 Å². The van der Waals surface area contributed by atoms with Gasteiger partial charge in [-0.05, 0) is 32.9 Å². The first-order chi connectivity index (χ1) is 11.3. The lowest BCUT2D eigenvalue weighted by atomic mass is 10.1. The van der Waals surface area contributed by atoms with Crippen molar-refractivity contribution in [2.75, 3.05) is 19.7 Å². The summed E-state index contributed by atoms with van der Waals surface area (Å²) in [4.78, 5) is 13.3. The summed E-state index contributed by atoms with van der Waals surface area (Å²) in [7, 11) is 0. The smallest absolute Gasteiger partial charge is 0.206 e. The summed E-state index contributed by atoms with van der Waals surface area (Å²) in [6.45, 7) is 2.42. The Morgan fingerprint density at radius 3 is 1.96 bits per heavy atom. The topological polar surface area (TPSA) is 29.5 Å². The van der Waals surface area contributed by atoms with E-state index in [1.807, 2.05) is 4.90 Å². The maximum atomic E-state index is 13.6. The van der Waals surface area contributed by atoms with Gasteiger partial charge in [0.25, 0.3) is 0 Å². The number of likely N-dealkylation sites (tertiary alicyclic amines) is 1. The van der Waals surface area contributed by atoms with E-state index in [1.165, 1.54) is 6.92 Å². The second kappa shape index (κ2) is 7.92. The van der Waals surface area contributed by atoms with Gasteiger partial charge in [0.15, 0.2) is 5.75 Å². The fraction of sp³-hybridized carbons (Fsp3) is 0.562. The first-order valence-electron chi connectivity index (χ1n) is 7.70. The van der Waals surface area contributed by atoms with Crippen LogP contribution >= 0.6 is 0 Å². The van der Waals surface area contributed by atoms with Gasteiger partial charge in [-0.3, -0.25) is 9.69 Å². The van der Waals surface area contributed by atoms with Crippen molar-refractivity contribution in [2.24, 2.45) is 0 Å². The number of hydrogen-bond donors (Lipinski definition) is 0. The van der Waals surface area contributed by atoms with Gasteiger partial charge in [0.2, 0.25) is 29.1 Å². The summed E-state index contributed by atoms with van der Waals surface area (Å²) >= 11 is 0. The molecule has 1 heterocycles. The minimum absolute atomic E-state index is 0.0788. The summed E-state index contributed by atoms with van der Waals surface area (Å²) in [5, 5.41) is 0. The molecule has 0 spiro atoms. The maximum absolute atomic E-state index is 13.6. The number of hydrogen-bond acceptors (Lipinski definition) is 3. The highest BCUT2D eigenvalue weighted by Gasteiger charge is 2.29. The van der Waals surface area contributed by atoms with Gasteiger partial charge in [-0.15, -0.1) is 0 Å². The molecule has 0 saturated carbocycles. The quantitative estimate of drug-likeness (QED) is 0.446. The summed E-state index contributed by atoms with van der Waals surface area (Å²) in [6, 6.07) is -0.474. The zero-order valence-corrected chi connectivity index (χ0v) is 13.2. The van der Waals surface area contributed by atoms with Crippen LogP contribution in [0.3, 0.4) is 0 Å². The molecule has 0 N–H and O–H groups in total. The van der Waals surface area contributed by atoms with Gasteiger partial charge in [-0.1, -0.05) is 6.42 Å². The van der Waals surface area contributed by atoms with Gasteiger partial charge >= 0.3 is 0 Å². The number of carbonyl (C=O) groups is 1. The van der Waals surface area contributed by atoms with E-state index in [0.717, 1.165) is 19.3 Å². The van der Waals surface area contributed by atoms with E-state index in [-0.39, 0.29) is 18.8 Å². The molecule has 0 aromatic heterocycles. The molecule has 0 aliphatic carbocycles. The molecule has 1 aliphatic rings. The minimum Gasteiger partial charge on any atom is -0.486 e. The van der Waals surface area contributed by atoms with Crippen LogP contribution in [-0.2, 0) is 4.79 Å². The van der Waals surface area contributed by atoms with Crippen LogP contribution in [0.4, 0.5) is 22.0 Å². The standard InChI is InChI=1S/C16H18F5NO2/c1-9(23)7-10(22-5-3-2-4-6-22)8-24-16-14(20)12(18)11(17)13(19)15(16)21/h10H,2-8H2,1H3. The second-order valence-corrected chi connectivity index (χ2v) is 5.87. The Morgan fingerprint density at radius 2 is 1.46 bits per heavy atom. The zero-order chi connectivity index (χ0) is 17.9. The molecule has 0 radical (unpaired) electrons. The lowest BCUT2D eigenvalue weighted by Crippen LogP contribution is -2.43. The second-order valence-electron chi connectivity index (χ2n) is 5.87. The van der Waals surface area contributed by atoms with Crippen molar-refractivity contribution in [3.8, 4) is 5.75 Å². The Labute approximate surface area is 136 Å². The van der Waals surface area contributed by atoms with Crippen molar-refractivity contribution in [3.05, 3.63) is 29.1 Å². The van der Waals surface area contributed by atoms with Gasteiger partial charge in [-0.2, -0.15) is 8.78 Å². The first kappa shape index (κ1) is 18.6. The highest BCUT2D eigenvalue weighted by molar-refractivity contribution is 5.76. The number of Topliss-reactive ketones (excluding diaryl/α,β-unsaturated/α-hetero) is 1. The van der Waals surface area contributed by atoms with Crippen LogP contribution < -0.4 is 4.74 Å². The molecule has 2 rings (SSSR count). The number of ether oxygens (including phenoxy) is 1. The number of nitrogens with zero attached hydrogens (tertiary/aromatic N) is 1. The van der Waals surface area contributed by atoms with Crippen molar-refractivity contribution < 1.29 is 31.5 Å². The average molecular weight is 351 g/mol. The molecule has 1 aliphatic heterocycles. The third kappa shape index (κ3) is 4.03. The number of piperidine rings is 1. The number of carbonyl (C=O) groups excluding carboxylic acids is 1. The van der Waals surface area contributed by atoms with Gasteiger partial charge in [0, 0.05) is 6.42 Å².